The molecule has 0 aliphatic heterocycles. The molecule has 1 atom stereocenters. The van der Waals surface area contributed by atoms with E-state index in [1.54, 1.807) is 25.1 Å². The number of halogens is 2. The number of hydrogen-bond donors (Lipinski definition) is 2. The first-order valence-corrected chi connectivity index (χ1v) is 8.16. The topological polar surface area (TPSA) is 85.8 Å². The molecule has 6 nitrogen and oxygen atoms in total. The molecule has 1 fully saturated rings. The van der Waals surface area contributed by atoms with Crippen molar-refractivity contribution < 1.29 is 4.79 Å². The molecule has 0 spiro atoms. The van der Waals surface area contributed by atoms with E-state index in [-0.39, 0.29) is 17.8 Å². The van der Waals surface area contributed by atoms with Gasteiger partial charge in [-0.1, -0.05) is 29.3 Å². The Kier molecular flexibility index (Phi) is 4.57. The standard InChI is InChI=1S/C15H17Cl2N5O/c1-8-19-14(15(23)20-12(7-18)9-5-6-9)21-22(8)13-10(16)3-2-4-11(13)17/h2-4,9,12H,5-7,18H2,1H3,(H,20,23). The Morgan fingerprint density at radius 3 is 2.65 bits per heavy atom. The molecule has 1 saturated carbocycles. The average Bonchev–Trinajstić information content (AvgIpc) is 3.28. The van der Waals surface area contributed by atoms with Gasteiger partial charge in [-0.05, 0) is 37.8 Å². The number of carbonyl (C=O) groups excluding carboxylic acids is 1. The zero-order valence-corrected chi connectivity index (χ0v) is 14.1. The smallest absolute Gasteiger partial charge is 0.291 e. The van der Waals surface area contributed by atoms with Gasteiger partial charge in [-0.2, -0.15) is 0 Å². The molecule has 1 unspecified atom stereocenters. The molecule has 2 aromatic rings. The zero-order valence-electron chi connectivity index (χ0n) is 12.6. The summed E-state index contributed by atoms with van der Waals surface area (Å²) >= 11 is 12.4. The van der Waals surface area contributed by atoms with Crippen LogP contribution in [0.15, 0.2) is 18.2 Å². The minimum absolute atomic E-state index is 0.0290. The molecule has 3 N–H and O–H groups in total. The highest BCUT2D eigenvalue weighted by atomic mass is 35.5. The van der Waals surface area contributed by atoms with Gasteiger partial charge in [0.25, 0.3) is 5.91 Å². The van der Waals surface area contributed by atoms with Crippen molar-refractivity contribution in [3.63, 3.8) is 0 Å². The van der Waals surface area contributed by atoms with E-state index >= 15 is 0 Å². The van der Waals surface area contributed by atoms with Crippen LogP contribution in [-0.4, -0.2) is 33.3 Å². The number of nitrogens with zero attached hydrogens (tertiary/aromatic N) is 3. The minimum atomic E-state index is -0.336. The van der Waals surface area contributed by atoms with Crippen LogP contribution in [0.2, 0.25) is 10.0 Å². The summed E-state index contributed by atoms with van der Waals surface area (Å²) in [5, 5.41) is 8.03. The molecular formula is C15H17Cl2N5O. The van der Waals surface area contributed by atoms with Gasteiger partial charge in [-0.15, -0.1) is 5.10 Å². The summed E-state index contributed by atoms with van der Waals surface area (Å²) in [6.07, 6.45) is 2.19. The van der Waals surface area contributed by atoms with Crippen molar-refractivity contribution in [2.24, 2.45) is 11.7 Å². The van der Waals surface area contributed by atoms with Crippen LogP contribution in [0.25, 0.3) is 5.69 Å². The van der Waals surface area contributed by atoms with Gasteiger partial charge in [-0.25, -0.2) is 9.67 Å². The fourth-order valence-corrected chi connectivity index (χ4v) is 3.05. The summed E-state index contributed by atoms with van der Waals surface area (Å²) in [5.41, 5.74) is 6.22. The first kappa shape index (κ1) is 16.2. The lowest BCUT2D eigenvalue weighted by molar-refractivity contribution is 0.0923. The van der Waals surface area contributed by atoms with E-state index in [9.17, 15) is 4.79 Å². The molecule has 1 aromatic carbocycles. The number of nitrogens with two attached hydrogens (primary N) is 1. The van der Waals surface area contributed by atoms with Crippen LogP contribution in [0, 0.1) is 12.8 Å². The van der Waals surface area contributed by atoms with Gasteiger partial charge in [-0.3, -0.25) is 4.79 Å². The molecule has 1 aromatic heterocycles. The van der Waals surface area contributed by atoms with Gasteiger partial charge in [0.05, 0.1) is 10.0 Å². The Labute approximate surface area is 144 Å². The number of hydrogen-bond acceptors (Lipinski definition) is 4. The van der Waals surface area contributed by atoms with Crippen LogP contribution < -0.4 is 11.1 Å². The third kappa shape index (κ3) is 3.34. The molecule has 23 heavy (non-hydrogen) atoms. The third-order valence-corrected chi connectivity index (χ3v) is 4.49. The normalized spacial score (nSPS) is 15.5. The lowest BCUT2D eigenvalue weighted by Gasteiger charge is -2.14. The van der Waals surface area contributed by atoms with Crippen molar-refractivity contribution in [2.75, 3.05) is 6.54 Å². The van der Waals surface area contributed by atoms with Crippen LogP contribution in [0.3, 0.4) is 0 Å². The van der Waals surface area contributed by atoms with Gasteiger partial charge < -0.3 is 11.1 Å². The van der Waals surface area contributed by atoms with Crippen molar-refractivity contribution in [1.29, 1.82) is 0 Å². The van der Waals surface area contributed by atoms with Gasteiger partial charge in [0.2, 0.25) is 5.82 Å². The van der Waals surface area contributed by atoms with Gasteiger partial charge >= 0.3 is 0 Å². The molecule has 1 aliphatic carbocycles. The number of benzene rings is 1. The number of para-hydroxylation sites is 1. The molecular weight excluding hydrogens is 337 g/mol. The van der Waals surface area contributed by atoms with E-state index in [1.165, 1.54) is 4.68 Å². The second-order valence-electron chi connectivity index (χ2n) is 5.62. The van der Waals surface area contributed by atoms with E-state index < -0.39 is 0 Å². The Morgan fingerprint density at radius 1 is 1.43 bits per heavy atom. The maximum absolute atomic E-state index is 12.3. The van der Waals surface area contributed by atoms with E-state index in [2.05, 4.69) is 15.4 Å². The Bertz CT molecular complexity index is 721. The summed E-state index contributed by atoms with van der Waals surface area (Å²) in [5.74, 6) is 0.737. The predicted octanol–water partition coefficient (Wildman–Crippen LogP) is 2.35. The molecule has 3 rings (SSSR count). The Hall–Kier alpha value is -1.63. The maximum atomic E-state index is 12.3. The molecule has 122 valence electrons. The van der Waals surface area contributed by atoms with Gasteiger partial charge in [0, 0.05) is 12.6 Å². The highest BCUT2D eigenvalue weighted by molar-refractivity contribution is 6.37. The summed E-state index contributed by atoms with van der Waals surface area (Å²) in [6.45, 7) is 2.15. The van der Waals surface area contributed by atoms with E-state index in [1.807, 2.05) is 0 Å². The molecule has 0 bridgehead atoms. The maximum Gasteiger partial charge on any atom is 0.291 e. The highest BCUT2D eigenvalue weighted by Gasteiger charge is 2.32. The second-order valence-corrected chi connectivity index (χ2v) is 6.43. The van der Waals surface area contributed by atoms with Gasteiger partial charge in [0.1, 0.15) is 11.5 Å². The largest absolute Gasteiger partial charge is 0.345 e. The third-order valence-electron chi connectivity index (χ3n) is 3.88. The van der Waals surface area contributed by atoms with Crippen LogP contribution in [0.4, 0.5) is 0 Å². The summed E-state index contributed by atoms with van der Waals surface area (Å²) in [6, 6.07) is 5.14. The van der Waals surface area contributed by atoms with E-state index in [0.29, 0.717) is 34.0 Å². The van der Waals surface area contributed by atoms with E-state index in [0.717, 1.165) is 12.8 Å². The van der Waals surface area contributed by atoms with Crippen molar-refractivity contribution in [1.82, 2.24) is 20.1 Å². The predicted molar refractivity (Wildman–Crippen MR) is 89.1 cm³/mol. The molecule has 0 saturated heterocycles. The first-order chi connectivity index (χ1) is 11.0. The fourth-order valence-electron chi connectivity index (χ4n) is 2.49. The molecule has 8 heteroatoms. The monoisotopic (exact) mass is 353 g/mol. The zero-order chi connectivity index (χ0) is 16.6. The highest BCUT2D eigenvalue weighted by Crippen LogP contribution is 2.32. The average molecular weight is 354 g/mol. The molecule has 1 aliphatic rings. The van der Waals surface area contributed by atoms with Crippen LogP contribution in [0.5, 0.6) is 0 Å². The number of aromatic nitrogens is 3. The second kappa shape index (κ2) is 6.47. The lowest BCUT2D eigenvalue weighted by Crippen LogP contribution is -2.42. The summed E-state index contributed by atoms with van der Waals surface area (Å²) < 4.78 is 1.48. The summed E-state index contributed by atoms with van der Waals surface area (Å²) in [4.78, 5) is 16.6. The van der Waals surface area contributed by atoms with Crippen LogP contribution >= 0.6 is 23.2 Å². The Balaban J connectivity index is 1.87. The first-order valence-electron chi connectivity index (χ1n) is 7.40. The number of carbonyl (C=O) groups is 1. The van der Waals surface area contributed by atoms with Crippen LogP contribution in [0.1, 0.15) is 29.3 Å². The lowest BCUT2D eigenvalue weighted by atomic mass is 10.2. The Morgan fingerprint density at radius 2 is 2.09 bits per heavy atom. The minimum Gasteiger partial charge on any atom is -0.345 e. The van der Waals surface area contributed by atoms with E-state index in [4.69, 9.17) is 28.9 Å². The van der Waals surface area contributed by atoms with Crippen molar-refractivity contribution in [3.8, 4) is 5.69 Å². The molecule has 0 radical (unpaired) electrons. The number of amides is 1. The number of nitrogens with one attached hydrogen (secondary N) is 1. The van der Waals surface area contributed by atoms with Crippen molar-refractivity contribution >= 4 is 29.1 Å². The fraction of sp³-hybridized carbons (Fsp3) is 0.400. The summed E-state index contributed by atoms with van der Waals surface area (Å²) in [7, 11) is 0. The van der Waals surface area contributed by atoms with Crippen molar-refractivity contribution in [3.05, 3.63) is 39.9 Å². The molecule has 1 heterocycles. The SMILES string of the molecule is Cc1nc(C(=O)NC(CN)C2CC2)nn1-c1c(Cl)cccc1Cl. The van der Waals surface area contributed by atoms with Gasteiger partial charge in [0.15, 0.2) is 0 Å². The van der Waals surface area contributed by atoms with Crippen molar-refractivity contribution in [2.45, 2.75) is 25.8 Å². The molecule has 1 amide bonds. The van der Waals surface area contributed by atoms with Crippen LogP contribution in [-0.2, 0) is 0 Å². The number of aryl methyl sites for hydroxylation is 1. The number of rotatable bonds is 5. The quantitative estimate of drug-likeness (QED) is 0.863.